The number of thiophene rings is 1. The fraction of sp³-hybridized carbons (Fsp3) is 0.304. The van der Waals surface area contributed by atoms with Gasteiger partial charge in [-0.25, -0.2) is 4.68 Å². The normalized spacial score (nSPS) is 15.7. The highest BCUT2D eigenvalue weighted by molar-refractivity contribution is 7.09. The molecule has 164 valence electrons. The van der Waals surface area contributed by atoms with Gasteiger partial charge >= 0.3 is 0 Å². The molecule has 0 unspecified atom stereocenters. The summed E-state index contributed by atoms with van der Waals surface area (Å²) in [5.41, 5.74) is 2.35. The number of aromatic nitrogens is 4. The second kappa shape index (κ2) is 9.05. The maximum atomic E-state index is 12.7. The van der Waals surface area contributed by atoms with E-state index in [4.69, 9.17) is 4.42 Å². The van der Waals surface area contributed by atoms with E-state index in [9.17, 15) is 4.79 Å². The zero-order chi connectivity index (χ0) is 21.9. The summed E-state index contributed by atoms with van der Waals surface area (Å²) in [6.45, 7) is 5.40. The first-order chi connectivity index (χ1) is 15.7. The van der Waals surface area contributed by atoms with Crippen molar-refractivity contribution >= 4 is 17.2 Å². The van der Waals surface area contributed by atoms with E-state index in [0.717, 1.165) is 24.5 Å². The molecule has 1 aliphatic rings. The first-order valence-corrected chi connectivity index (χ1v) is 11.5. The first kappa shape index (κ1) is 20.6. The molecule has 1 amide bonds. The summed E-state index contributed by atoms with van der Waals surface area (Å²) >= 11 is 1.69. The summed E-state index contributed by atoms with van der Waals surface area (Å²) < 4.78 is 7.18. The van der Waals surface area contributed by atoms with Crippen LogP contribution in [0.4, 0.5) is 0 Å². The minimum Gasteiger partial charge on any atom is -0.459 e. The monoisotopic (exact) mass is 448 g/mol. The summed E-state index contributed by atoms with van der Waals surface area (Å²) in [5.74, 6) is 1.13. The molecule has 3 aromatic heterocycles. The fourth-order valence-electron chi connectivity index (χ4n) is 4.08. The van der Waals surface area contributed by atoms with E-state index in [1.165, 1.54) is 16.7 Å². The third-order valence-electron chi connectivity index (χ3n) is 5.78. The molecule has 0 radical (unpaired) electrons. The molecule has 8 nitrogen and oxygen atoms in total. The molecule has 1 aliphatic heterocycles. The van der Waals surface area contributed by atoms with Gasteiger partial charge in [-0.15, -0.1) is 16.4 Å². The van der Waals surface area contributed by atoms with Crippen molar-refractivity contribution in [1.29, 1.82) is 0 Å². The minimum atomic E-state index is -0.0913. The molecule has 1 fully saturated rings. The van der Waals surface area contributed by atoms with E-state index in [0.29, 0.717) is 25.4 Å². The highest BCUT2D eigenvalue weighted by atomic mass is 32.1. The van der Waals surface area contributed by atoms with Gasteiger partial charge in [-0.3, -0.25) is 9.69 Å². The van der Waals surface area contributed by atoms with Crippen LogP contribution in [0.3, 0.4) is 0 Å². The summed E-state index contributed by atoms with van der Waals surface area (Å²) in [4.78, 5) is 18.1. The van der Waals surface area contributed by atoms with Crippen LogP contribution in [-0.2, 0) is 6.54 Å². The third kappa shape index (κ3) is 4.21. The largest absolute Gasteiger partial charge is 0.459 e. The van der Waals surface area contributed by atoms with E-state index in [2.05, 4.69) is 63.1 Å². The number of piperazine rings is 1. The van der Waals surface area contributed by atoms with Gasteiger partial charge in [0, 0.05) is 31.1 Å². The predicted octanol–water partition coefficient (Wildman–Crippen LogP) is 3.23. The maximum absolute atomic E-state index is 12.7. The van der Waals surface area contributed by atoms with E-state index >= 15 is 0 Å². The number of benzene rings is 1. The van der Waals surface area contributed by atoms with Gasteiger partial charge in [0.15, 0.2) is 11.6 Å². The number of hydrogen-bond acceptors (Lipinski definition) is 7. The molecule has 4 aromatic rings. The number of nitrogens with zero attached hydrogens (tertiary/aromatic N) is 6. The van der Waals surface area contributed by atoms with Crippen molar-refractivity contribution in [2.45, 2.75) is 19.5 Å². The highest BCUT2D eigenvalue weighted by Crippen LogP contribution is 2.29. The molecule has 0 N–H and O–H groups in total. The van der Waals surface area contributed by atoms with Crippen LogP contribution in [-0.4, -0.2) is 62.1 Å². The topological polar surface area (TPSA) is 80.3 Å². The van der Waals surface area contributed by atoms with Gasteiger partial charge < -0.3 is 9.32 Å². The van der Waals surface area contributed by atoms with Gasteiger partial charge in [0.1, 0.15) is 0 Å². The third-order valence-corrected chi connectivity index (χ3v) is 6.64. The Labute approximate surface area is 190 Å². The van der Waals surface area contributed by atoms with Crippen LogP contribution in [0.15, 0.2) is 64.6 Å². The van der Waals surface area contributed by atoms with Crippen LogP contribution < -0.4 is 0 Å². The summed E-state index contributed by atoms with van der Waals surface area (Å²) in [6, 6.07) is 16.0. The molecule has 1 atom stereocenters. The number of tetrazole rings is 1. The van der Waals surface area contributed by atoms with E-state index in [1.54, 1.807) is 23.5 Å². The van der Waals surface area contributed by atoms with Gasteiger partial charge in [-0.05, 0) is 46.5 Å². The molecule has 0 bridgehead atoms. The molecule has 0 saturated carbocycles. The minimum absolute atomic E-state index is 0.0657. The van der Waals surface area contributed by atoms with Crippen molar-refractivity contribution in [2.75, 3.05) is 26.2 Å². The van der Waals surface area contributed by atoms with Crippen molar-refractivity contribution in [3.63, 3.8) is 0 Å². The molecular formula is C23H24N6O2S. The molecule has 0 spiro atoms. The van der Waals surface area contributed by atoms with Crippen molar-refractivity contribution in [2.24, 2.45) is 0 Å². The zero-order valence-corrected chi connectivity index (χ0v) is 18.6. The Balaban J connectivity index is 1.40. The van der Waals surface area contributed by atoms with Crippen LogP contribution in [0.2, 0.25) is 0 Å². The number of furan rings is 1. The van der Waals surface area contributed by atoms with Crippen molar-refractivity contribution in [3.05, 3.63) is 87.8 Å². The van der Waals surface area contributed by atoms with Crippen LogP contribution in [0.25, 0.3) is 0 Å². The number of rotatable bonds is 6. The molecule has 5 rings (SSSR count). The van der Waals surface area contributed by atoms with Gasteiger partial charge in [-0.2, -0.15) is 0 Å². The first-order valence-electron chi connectivity index (χ1n) is 10.6. The van der Waals surface area contributed by atoms with E-state index in [1.807, 2.05) is 15.6 Å². The van der Waals surface area contributed by atoms with Crippen molar-refractivity contribution in [3.8, 4) is 0 Å². The van der Waals surface area contributed by atoms with Crippen molar-refractivity contribution in [1.82, 2.24) is 30.0 Å². The van der Waals surface area contributed by atoms with E-state index in [-0.39, 0.29) is 11.9 Å². The summed E-state index contributed by atoms with van der Waals surface area (Å²) in [5, 5.41) is 14.8. The lowest BCUT2D eigenvalue weighted by molar-refractivity contribution is 0.0559. The maximum Gasteiger partial charge on any atom is 0.289 e. The lowest BCUT2D eigenvalue weighted by Gasteiger charge is -2.38. The zero-order valence-electron chi connectivity index (χ0n) is 17.8. The van der Waals surface area contributed by atoms with Crippen LogP contribution in [0.5, 0.6) is 0 Å². The van der Waals surface area contributed by atoms with E-state index < -0.39 is 0 Å². The number of carbonyl (C=O) groups excluding carboxylic acids is 1. The molecule has 32 heavy (non-hydrogen) atoms. The Morgan fingerprint density at radius 1 is 1.09 bits per heavy atom. The van der Waals surface area contributed by atoms with Crippen molar-refractivity contribution < 1.29 is 9.21 Å². The Bertz CT molecular complexity index is 1150. The van der Waals surface area contributed by atoms with Crippen LogP contribution in [0.1, 0.15) is 38.4 Å². The molecule has 1 aromatic carbocycles. The van der Waals surface area contributed by atoms with Crippen LogP contribution >= 0.6 is 11.3 Å². The number of hydrogen-bond donors (Lipinski definition) is 0. The quantitative estimate of drug-likeness (QED) is 0.451. The number of aryl methyl sites for hydroxylation is 1. The number of carbonyl (C=O) groups is 1. The summed E-state index contributed by atoms with van der Waals surface area (Å²) in [6.07, 6.45) is 1.53. The van der Waals surface area contributed by atoms with Gasteiger partial charge in [0.25, 0.3) is 5.91 Å². The second-order valence-corrected chi connectivity index (χ2v) is 8.93. The fourth-order valence-corrected chi connectivity index (χ4v) is 4.77. The predicted molar refractivity (Wildman–Crippen MR) is 120 cm³/mol. The standard InChI is InChI=1S/C23H24N6O2S/c1-17-6-8-18(9-7-17)21(22-24-25-26-29(22)16-19-4-3-15-32-19)27-10-12-28(13-11-27)23(30)20-5-2-14-31-20/h2-9,14-15,21H,10-13,16H2,1H3/t21-/m0/s1. The average molecular weight is 449 g/mol. The molecule has 9 heteroatoms. The SMILES string of the molecule is Cc1ccc([C@@H](c2nnnn2Cc2cccs2)N2CCN(C(=O)c3ccco3)CC2)cc1. The summed E-state index contributed by atoms with van der Waals surface area (Å²) in [7, 11) is 0. The lowest BCUT2D eigenvalue weighted by atomic mass is 10.0. The van der Waals surface area contributed by atoms with Gasteiger partial charge in [0.05, 0.1) is 18.8 Å². The van der Waals surface area contributed by atoms with Gasteiger partial charge in [-0.1, -0.05) is 35.9 Å². The number of amides is 1. The Kier molecular flexibility index (Phi) is 5.83. The average Bonchev–Trinajstić information content (AvgIpc) is 3.60. The molecule has 1 saturated heterocycles. The lowest BCUT2D eigenvalue weighted by Crippen LogP contribution is -2.50. The van der Waals surface area contributed by atoms with Gasteiger partial charge in [0.2, 0.25) is 0 Å². The molecule has 4 heterocycles. The molecular weight excluding hydrogens is 424 g/mol. The highest BCUT2D eigenvalue weighted by Gasteiger charge is 2.32. The van der Waals surface area contributed by atoms with Crippen LogP contribution in [0, 0.1) is 6.92 Å². The second-order valence-electron chi connectivity index (χ2n) is 7.89. The Morgan fingerprint density at radius 2 is 1.91 bits per heavy atom. The Morgan fingerprint density at radius 3 is 2.59 bits per heavy atom. The Hall–Kier alpha value is -3.30. The smallest absolute Gasteiger partial charge is 0.289 e. The molecule has 0 aliphatic carbocycles.